The maximum absolute atomic E-state index is 13.5. The zero-order chi connectivity index (χ0) is 20.3. The average Bonchev–Trinajstić information content (AvgIpc) is 3.02. The van der Waals surface area contributed by atoms with E-state index in [9.17, 15) is 9.18 Å². The Morgan fingerprint density at radius 2 is 1.93 bits per heavy atom. The molecule has 4 nitrogen and oxygen atoms in total. The molecule has 0 saturated carbocycles. The molecule has 0 unspecified atom stereocenters. The highest BCUT2D eigenvalue weighted by Crippen LogP contribution is 2.26. The number of amides is 1. The zero-order valence-corrected chi connectivity index (χ0v) is 17.4. The molecule has 0 atom stereocenters. The maximum atomic E-state index is 13.5. The Balaban J connectivity index is 1.98. The summed E-state index contributed by atoms with van der Waals surface area (Å²) in [4.78, 5) is 19.5. The molecule has 7 heteroatoms. The van der Waals surface area contributed by atoms with Crippen LogP contribution in [0.1, 0.15) is 42.9 Å². The minimum absolute atomic E-state index is 0.0627. The fourth-order valence-electron chi connectivity index (χ4n) is 3.28. The first-order valence-electron chi connectivity index (χ1n) is 9.34. The van der Waals surface area contributed by atoms with Crippen LogP contribution in [0.5, 0.6) is 0 Å². The molecule has 1 aromatic heterocycles. The van der Waals surface area contributed by atoms with E-state index in [4.69, 9.17) is 28.2 Å². The van der Waals surface area contributed by atoms with Crippen molar-refractivity contribution in [3.8, 4) is 0 Å². The van der Waals surface area contributed by atoms with Crippen LogP contribution in [-0.4, -0.2) is 26.9 Å². The molecular weight excluding hydrogens is 400 g/mol. The summed E-state index contributed by atoms with van der Waals surface area (Å²) < 4.78 is 15.5. The Hall–Kier alpha value is -2.11. The van der Waals surface area contributed by atoms with Crippen molar-refractivity contribution in [3.63, 3.8) is 0 Å². The molecule has 1 heterocycles. The molecule has 0 aliphatic rings. The van der Waals surface area contributed by atoms with E-state index in [1.807, 2.05) is 25.1 Å². The van der Waals surface area contributed by atoms with Gasteiger partial charge in [-0.25, -0.2) is 9.37 Å². The first-order chi connectivity index (χ1) is 13.5. The van der Waals surface area contributed by atoms with Crippen LogP contribution in [0.25, 0.3) is 11.0 Å². The van der Waals surface area contributed by atoms with Gasteiger partial charge in [0.25, 0.3) is 5.91 Å². The lowest BCUT2D eigenvalue weighted by Gasteiger charge is -2.22. The highest BCUT2D eigenvalue weighted by Gasteiger charge is 2.21. The van der Waals surface area contributed by atoms with E-state index in [0.29, 0.717) is 23.7 Å². The number of rotatable bonds is 7. The lowest BCUT2D eigenvalue weighted by molar-refractivity contribution is 0.0737. The standard InChI is InChI=1S/C21H22Cl2FN3O/c1-3-10-26(21(28)14-8-9-17(24)16(23)12-14)13-19-25-18-7-5-6-15(22)20(18)27(19)11-4-2/h5-9,12H,3-4,10-11,13H2,1-2H3. The third kappa shape index (κ3) is 4.15. The highest BCUT2D eigenvalue weighted by atomic mass is 35.5. The first-order valence-corrected chi connectivity index (χ1v) is 10.1. The topological polar surface area (TPSA) is 38.1 Å². The summed E-state index contributed by atoms with van der Waals surface area (Å²) >= 11 is 12.3. The molecule has 0 radical (unpaired) electrons. The lowest BCUT2D eigenvalue weighted by Crippen LogP contribution is -2.32. The number of para-hydroxylation sites is 1. The molecular formula is C21H22Cl2FN3O. The number of aryl methyl sites for hydroxylation is 1. The minimum Gasteiger partial charge on any atom is -0.331 e. The molecule has 3 rings (SSSR count). The molecule has 0 aliphatic carbocycles. The van der Waals surface area contributed by atoms with Gasteiger partial charge in [-0.1, -0.05) is 43.1 Å². The molecule has 0 saturated heterocycles. The molecule has 1 amide bonds. The summed E-state index contributed by atoms with van der Waals surface area (Å²) in [5.41, 5.74) is 2.05. The second kappa shape index (κ2) is 8.93. The van der Waals surface area contributed by atoms with Crippen molar-refractivity contribution in [1.29, 1.82) is 0 Å². The van der Waals surface area contributed by atoms with E-state index in [0.717, 1.165) is 36.2 Å². The fourth-order valence-corrected chi connectivity index (χ4v) is 3.73. The molecule has 0 aliphatic heterocycles. The summed E-state index contributed by atoms with van der Waals surface area (Å²) in [6.07, 6.45) is 1.70. The lowest BCUT2D eigenvalue weighted by atomic mass is 10.2. The van der Waals surface area contributed by atoms with Gasteiger partial charge in [0.05, 0.1) is 27.6 Å². The van der Waals surface area contributed by atoms with Gasteiger partial charge < -0.3 is 9.47 Å². The number of nitrogens with zero attached hydrogens (tertiary/aromatic N) is 3. The van der Waals surface area contributed by atoms with Crippen molar-refractivity contribution in [1.82, 2.24) is 14.5 Å². The van der Waals surface area contributed by atoms with E-state index in [1.54, 1.807) is 4.90 Å². The summed E-state index contributed by atoms with van der Waals surface area (Å²) in [5, 5.41) is 0.579. The van der Waals surface area contributed by atoms with Gasteiger partial charge in [-0.2, -0.15) is 0 Å². The molecule has 0 N–H and O–H groups in total. The predicted molar refractivity (Wildman–Crippen MR) is 111 cm³/mol. The summed E-state index contributed by atoms with van der Waals surface area (Å²) in [6.45, 7) is 5.74. The average molecular weight is 422 g/mol. The number of carbonyl (C=O) groups is 1. The number of carbonyl (C=O) groups excluding carboxylic acids is 1. The predicted octanol–water partition coefficient (Wildman–Crippen LogP) is 5.94. The van der Waals surface area contributed by atoms with Crippen LogP contribution in [0.3, 0.4) is 0 Å². The number of imidazole rings is 1. The summed E-state index contributed by atoms with van der Waals surface area (Å²) in [6, 6.07) is 9.67. The van der Waals surface area contributed by atoms with Gasteiger partial charge in [0.2, 0.25) is 0 Å². The Morgan fingerprint density at radius 1 is 1.14 bits per heavy atom. The van der Waals surface area contributed by atoms with Crippen LogP contribution in [0, 0.1) is 5.82 Å². The Morgan fingerprint density at radius 3 is 2.61 bits per heavy atom. The van der Waals surface area contributed by atoms with Crippen LogP contribution in [-0.2, 0) is 13.1 Å². The fraction of sp³-hybridized carbons (Fsp3) is 0.333. The number of hydrogen-bond acceptors (Lipinski definition) is 2. The van der Waals surface area contributed by atoms with E-state index in [-0.39, 0.29) is 10.9 Å². The molecule has 0 bridgehead atoms. The van der Waals surface area contributed by atoms with Gasteiger partial charge >= 0.3 is 0 Å². The van der Waals surface area contributed by atoms with Crippen LogP contribution in [0.4, 0.5) is 4.39 Å². The Kier molecular flexibility index (Phi) is 6.57. The van der Waals surface area contributed by atoms with E-state index in [1.165, 1.54) is 18.2 Å². The Labute approximate surface area is 173 Å². The van der Waals surface area contributed by atoms with E-state index >= 15 is 0 Å². The molecule has 3 aromatic rings. The summed E-state index contributed by atoms with van der Waals surface area (Å²) in [5.74, 6) is 0.0320. The normalized spacial score (nSPS) is 11.2. The van der Waals surface area contributed by atoms with Crippen LogP contribution >= 0.6 is 23.2 Å². The number of halogens is 3. The molecule has 148 valence electrons. The zero-order valence-electron chi connectivity index (χ0n) is 15.9. The number of benzene rings is 2. The van der Waals surface area contributed by atoms with Crippen LogP contribution in [0.2, 0.25) is 10.0 Å². The van der Waals surface area contributed by atoms with Gasteiger partial charge in [0.1, 0.15) is 11.6 Å². The largest absolute Gasteiger partial charge is 0.331 e. The van der Waals surface area contributed by atoms with Crippen molar-refractivity contribution in [2.75, 3.05) is 6.54 Å². The quantitative estimate of drug-likeness (QED) is 0.472. The van der Waals surface area contributed by atoms with E-state index in [2.05, 4.69) is 11.5 Å². The van der Waals surface area contributed by atoms with Crippen molar-refractivity contribution < 1.29 is 9.18 Å². The second-order valence-electron chi connectivity index (χ2n) is 6.64. The van der Waals surface area contributed by atoms with Gasteiger partial charge in [0.15, 0.2) is 0 Å². The van der Waals surface area contributed by atoms with Crippen molar-refractivity contribution in [3.05, 3.63) is 63.6 Å². The minimum atomic E-state index is -0.542. The highest BCUT2D eigenvalue weighted by molar-refractivity contribution is 6.35. The summed E-state index contributed by atoms with van der Waals surface area (Å²) in [7, 11) is 0. The molecule has 0 spiro atoms. The smallest absolute Gasteiger partial charge is 0.254 e. The van der Waals surface area contributed by atoms with Gasteiger partial charge in [-0.05, 0) is 43.2 Å². The molecule has 2 aromatic carbocycles. The monoisotopic (exact) mass is 421 g/mol. The number of hydrogen-bond donors (Lipinski definition) is 0. The Bertz CT molecular complexity index is 1000. The van der Waals surface area contributed by atoms with Crippen molar-refractivity contribution >= 4 is 40.1 Å². The van der Waals surface area contributed by atoms with Crippen LogP contribution < -0.4 is 0 Å². The van der Waals surface area contributed by atoms with Gasteiger partial charge in [0, 0.05) is 18.7 Å². The number of aromatic nitrogens is 2. The molecule has 0 fully saturated rings. The van der Waals surface area contributed by atoms with Crippen molar-refractivity contribution in [2.24, 2.45) is 0 Å². The van der Waals surface area contributed by atoms with Gasteiger partial charge in [-0.15, -0.1) is 0 Å². The van der Waals surface area contributed by atoms with Crippen molar-refractivity contribution in [2.45, 2.75) is 39.8 Å². The molecule has 28 heavy (non-hydrogen) atoms. The first kappa shape index (κ1) is 20.6. The number of fused-ring (bicyclic) bond motifs is 1. The third-order valence-electron chi connectivity index (χ3n) is 4.52. The maximum Gasteiger partial charge on any atom is 0.254 e. The van der Waals surface area contributed by atoms with E-state index < -0.39 is 5.82 Å². The SMILES string of the molecule is CCCN(Cc1nc2cccc(Cl)c2n1CCC)C(=O)c1ccc(F)c(Cl)c1. The second-order valence-corrected chi connectivity index (χ2v) is 7.46. The van der Waals surface area contributed by atoms with Gasteiger partial charge in [-0.3, -0.25) is 4.79 Å². The van der Waals surface area contributed by atoms with Crippen LogP contribution in [0.15, 0.2) is 36.4 Å². The third-order valence-corrected chi connectivity index (χ3v) is 5.12.